The zero-order valence-electron chi connectivity index (χ0n) is 13.4. The molecule has 4 heteroatoms. The van der Waals surface area contributed by atoms with Crippen LogP contribution in [-0.4, -0.2) is 29.8 Å². The Morgan fingerprint density at radius 3 is 2.61 bits per heavy atom. The van der Waals surface area contributed by atoms with Crippen molar-refractivity contribution >= 4 is 23.5 Å². The Kier molecular flexibility index (Phi) is 5.23. The van der Waals surface area contributed by atoms with Crippen LogP contribution in [0.3, 0.4) is 0 Å². The van der Waals surface area contributed by atoms with Crippen LogP contribution in [0.25, 0.3) is 0 Å². The number of urea groups is 1. The summed E-state index contributed by atoms with van der Waals surface area (Å²) in [6.45, 7) is 3.61. The second-order valence-corrected chi connectivity index (χ2v) is 7.10. The average Bonchev–Trinajstić information content (AvgIpc) is 2.84. The van der Waals surface area contributed by atoms with Gasteiger partial charge in [-0.05, 0) is 30.5 Å². The zero-order chi connectivity index (χ0) is 16.1. The third-order valence-electron chi connectivity index (χ3n) is 4.19. The number of benzene rings is 2. The van der Waals surface area contributed by atoms with E-state index >= 15 is 0 Å². The molecule has 1 aliphatic heterocycles. The summed E-state index contributed by atoms with van der Waals surface area (Å²) in [4.78, 5) is 14.5. The number of nitrogens with zero attached hydrogens (tertiary/aromatic N) is 1. The molecule has 1 unspecified atom stereocenters. The highest BCUT2D eigenvalue weighted by Crippen LogP contribution is 2.34. The van der Waals surface area contributed by atoms with Crippen LogP contribution >= 0.6 is 11.8 Å². The van der Waals surface area contributed by atoms with E-state index in [0.717, 1.165) is 36.5 Å². The van der Waals surface area contributed by atoms with E-state index in [1.165, 1.54) is 5.56 Å². The summed E-state index contributed by atoms with van der Waals surface area (Å²) in [5.74, 6) is 0.973. The van der Waals surface area contributed by atoms with Crippen molar-refractivity contribution in [1.82, 2.24) is 4.90 Å². The molecule has 0 bridgehead atoms. The molecule has 3 nitrogen and oxygen atoms in total. The minimum Gasteiger partial charge on any atom is -0.324 e. The highest BCUT2D eigenvalue weighted by molar-refractivity contribution is 7.99. The Hall–Kier alpha value is -1.94. The number of anilines is 1. The van der Waals surface area contributed by atoms with Crippen LogP contribution in [0.4, 0.5) is 10.5 Å². The van der Waals surface area contributed by atoms with Crippen LogP contribution in [0, 0.1) is 6.92 Å². The summed E-state index contributed by atoms with van der Waals surface area (Å²) in [6.07, 6.45) is 0.996. The number of carbonyl (C=O) groups is 1. The van der Waals surface area contributed by atoms with Crippen molar-refractivity contribution in [2.24, 2.45) is 0 Å². The number of hydrogen-bond acceptors (Lipinski definition) is 2. The van der Waals surface area contributed by atoms with Crippen LogP contribution in [0.1, 0.15) is 22.8 Å². The van der Waals surface area contributed by atoms with Crippen molar-refractivity contribution in [2.75, 3.05) is 24.2 Å². The Morgan fingerprint density at radius 2 is 1.83 bits per heavy atom. The number of rotatable bonds is 2. The van der Waals surface area contributed by atoms with Gasteiger partial charge < -0.3 is 10.2 Å². The van der Waals surface area contributed by atoms with E-state index in [1.54, 1.807) is 0 Å². The molecular weight excluding hydrogens is 304 g/mol. The summed E-state index contributed by atoms with van der Waals surface area (Å²) < 4.78 is 0. The summed E-state index contributed by atoms with van der Waals surface area (Å²) in [7, 11) is 0. The molecule has 2 amide bonds. The maximum atomic E-state index is 12.5. The SMILES string of the molecule is Cc1ccccc1NC(=O)N1CCSC(c2ccccc2)CC1. The summed E-state index contributed by atoms with van der Waals surface area (Å²) >= 11 is 1.95. The van der Waals surface area contributed by atoms with Gasteiger partial charge in [-0.3, -0.25) is 0 Å². The number of carbonyl (C=O) groups excluding carboxylic acids is 1. The van der Waals surface area contributed by atoms with E-state index in [2.05, 4.69) is 29.6 Å². The number of hydrogen-bond donors (Lipinski definition) is 1. The van der Waals surface area contributed by atoms with Gasteiger partial charge >= 0.3 is 6.03 Å². The van der Waals surface area contributed by atoms with Gasteiger partial charge in [-0.15, -0.1) is 0 Å². The third-order valence-corrected chi connectivity index (χ3v) is 5.52. The molecule has 1 N–H and O–H groups in total. The second kappa shape index (κ2) is 7.55. The van der Waals surface area contributed by atoms with E-state index in [-0.39, 0.29) is 6.03 Å². The van der Waals surface area contributed by atoms with Crippen molar-refractivity contribution < 1.29 is 4.79 Å². The maximum Gasteiger partial charge on any atom is 0.321 e. The van der Waals surface area contributed by atoms with Crippen molar-refractivity contribution in [3.8, 4) is 0 Å². The zero-order valence-corrected chi connectivity index (χ0v) is 14.2. The third kappa shape index (κ3) is 4.08. The lowest BCUT2D eigenvalue weighted by Crippen LogP contribution is -2.36. The maximum absolute atomic E-state index is 12.5. The molecule has 1 heterocycles. The molecule has 120 valence electrons. The normalized spacial score (nSPS) is 18.3. The Labute approximate surface area is 142 Å². The summed E-state index contributed by atoms with van der Waals surface area (Å²) in [6, 6.07) is 18.5. The second-order valence-electron chi connectivity index (χ2n) is 5.79. The lowest BCUT2D eigenvalue weighted by atomic mass is 10.1. The number of aryl methyl sites for hydroxylation is 1. The molecule has 0 aromatic heterocycles. The molecule has 1 aliphatic rings. The molecule has 0 saturated carbocycles. The first kappa shape index (κ1) is 15.9. The minimum absolute atomic E-state index is 0.00797. The van der Waals surface area contributed by atoms with E-state index in [1.807, 2.05) is 53.9 Å². The quantitative estimate of drug-likeness (QED) is 0.867. The molecule has 1 atom stereocenters. The number of thioether (sulfide) groups is 1. The molecule has 0 radical (unpaired) electrons. The predicted molar refractivity (Wildman–Crippen MR) is 98.0 cm³/mol. The first-order valence-electron chi connectivity index (χ1n) is 8.02. The fourth-order valence-corrected chi connectivity index (χ4v) is 4.05. The predicted octanol–water partition coefficient (Wildman–Crippen LogP) is 4.71. The van der Waals surface area contributed by atoms with Crippen LogP contribution in [0.15, 0.2) is 54.6 Å². The van der Waals surface area contributed by atoms with Gasteiger partial charge in [-0.2, -0.15) is 11.8 Å². The first-order chi connectivity index (χ1) is 11.2. The number of nitrogens with one attached hydrogen (secondary N) is 1. The minimum atomic E-state index is 0.00797. The Morgan fingerprint density at radius 1 is 1.09 bits per heavy atom. The lowest BCUT2D eigenvalue weighted by Gasteiger charge is -2.21. The van der Waals surface area contributed by atoms with Gasteiger partial charge in [0.15, 0.2) is 0 Å². The standard InChI is InChI=1S/C19H22N2OS/c1-15-7-5-6-10-17(15)20-19(22)21-12-11-18(23-14-13-21)16-8-3-2-4-9-16/h2-10,18H,11-14H2,1H3,(H,20,22). The highest BCUT2D eigenvalue weighted by atomic mass is 32.2. The molecule has 2 aromatic carbocycles. The molecule has 3 rings (SSSR count). The van der Waals surface area contributed by atoms with Crippen LogP contribution in [0.5, 0.6) is 0 Å². The molecule has 1 fully saturated rings. The van der Waals surface area contributed by atoms with Crippen LogP contribution in [0.2, 0.25) is 0 Å². The molecule has 23 heavy (non-hydrogen) atoms. The molecule has 1 saturated heterocycles. The number of para-hydroxylation sites is 1. The fourth-order valence-electron chi connectivity index (χ4n) is 2.81. The molecule has 0 spiro atoms. The van der Waals surface area contributed by atoms with Gasteiger partial charge in [0, 0.05) is 29.8 Å². The number of amides is 2. The van der Waals surface area contributed by atoms with Crippen LogP contribution < -0.4 is 5.32 Å². The van der Waals surface area contributed by atoms with Crippen molar-refractivity contribution in [3.63, 3.8) is 0 Å². The Bertz CT molecular complexity index is 659. The van der Waals surface area contributed by atoms with E-state index < -0.39 is 0 Å². The smallest absolute Gasteiger partial charge is 0.321 e. The van der Waals surface area contributed by atoms with E-state index in [0.29, 0.717) is 5.25 Å². The average molecular weight is 326 g/mol. The Balaban J connectivity index is 1.61. The van der Waals surface area contributed by atoms with Gasteiger partial charge in [0.25, 0.3) is 0 Å². The summed E-state index contributed by atoms with van der Waals surface area (Å²) in [5.41, 5.74) is 3.35. The summed E-state index contributed by atoms with van der Waals surface area (Å²) in [5, 5.41) is 3.52. The van der Waals surface area contributed by atoms with Gasteiger partial charge in [0.05, 0.1) is 0 Å². The van der Waals surface area contributed by atoms with Gasteiger partial charge in [0.2, 0.25) is 0 Å². The van der Waals surface area contributed by atoms with Crippen molar-refractivity contribution in [3.05, 3.63) is 65.7 Å². The lowest BCUT2D eigenvalue weighted by molar-refractivity contribution is 0.215. The fraction of sp³-hybridized carbons (Fsp3) is 0.316. The van der Waals surface area contributed by atoms with Gasteiger partial charge in [0.1, 0.15) is 0 Å². The molecule has 2 aromatic rings. The van der Waals surface area contributed by atoms with E-state index in [4.69, 9.17) is 0 Å². The molecule has 0 aliphatic carbocycles. The van der Waals surface area contributed by atoms with Crippen LogP contribution in [-0.2, 0) is 0 Å². The monoisotopic (exact) mass is 326 g/mol. The highest BCUT2D eigenvalue weighted by Gasteiger charge is 2.22. The topological polar surface area (TPSA) is 32.3 Å². The van der Waals surface area contributed by atoms with Crippen molar-refractivity contribution in [1.29, 1.82) is 0 Å². The molecular formula is C19H22N2OS. The van der Waals surface area contributed by atoms with Crippen molar-refractivity contribution in [2.45, 2.75) is 18.6 Å². The first-order valence-corrected chi connectivity index (χ1v) is 9.07. The van der Waals surface area contributed by atoms with Gasteiger partial charge in [-0.25, -0.2) is 4.79 Å². The van der Waals surface area contributed by atoms with Gasteiger partial charge in [-0.1, -0.05) is 48.5 Å². The largest absolute Gasteiger partial charge is 0.324 e. The van der Waals surface area contributed by atoms with E-state index in [9.17, 15) is 4.79 Å².